The van der Waals surface area contributed by atoms with E-state index in [1.165, 1.54) is 45.4 Å². The highest BCUT2D eigenvalue weighted by Gasteiger charge is 2.26. The predicted octanol–water partition coefficient (Wildman–Crippen LogP) is 3.03. The fraction of sp³-hybridized carbons (Fsp3) is 0.792. The third-order valence-corrected chi connectivity index (χ3v) is 10.8. The summed E-state index contributed by atoms with van der Waals surface area (Å²) >= 11 is 0. The number of carboxylic acid groups (broad SMARTS) is 4. The topological polar surface area (TPSA) is 349 Å². The van der Waals surface area contributed by atoms with Crippen molar-refractivity contribution in [1.82, 2.24) is 26.6 Å². The minimum Gasteiger partial charge on any atom is -0.481 e. The van der Waals surface area contributed by atoms with Crippen molar-refractivity contribution >= 4 is 59.2 Å². The van der Waals surface area contributed by atoms with Gasteiger partial charge in [-0.2, -0.15) is 0 Å². The van der Waals surface area contributed by atoms with Gasteiger partial charge in [0.2, 0.25) is 29.5 Å². The quantitative estimate of drug-likeness (QED) is 0.0395. The van der Waals surface area contributed by atoms with Gasteiger partial charge in [0.25, 0.3) is 0 Å². The van der Waals surface area contributed by atoms with Crippen LogP contribution in [0.5, 0.6) is 0 Å². The van der Waals surface area contributed by atoms with Crippen LogP contribution in [0.1, 0.15) is 161 Å². The fourth-order valence-electron chi connectivity index (χ4n) is 6.92. The number of hydrogen-bond acceptors (Lipinski definition) is 14. The lowest BCUT2D eigenvalue weighted by Crippen LogP contribution is -2.45. The van der Waals surface area contributed by atoms with E-state index in [2.05, 4.69) is 26.6 Å². The Morgan fingerprint density at radius 2 is 0.662 bits per heavy atom. The minimum atomic E-state index is -1.56. The van der Waals surface area contributed by atoms with Crippen LogP contribution >= 0.6 is 0 Å². The molecule has 0 saturated carbocycles. The van der Waals surface area contributed by atoms with Crippen molar-refractivity contribution in [2.75, 3.05) is 65.9 Å². The second-order valence-electron chi connectivity index (χ2n) is 17.3. The van der Waals surface area contributed by atoms with Crippen LogP contribution in [0.25, 0.3) is 0 Å². The first-order valence-corrected chi connectivity index (χ1v) is 25.1. The Hall–Kier alpha value is -5.26. The first-order chi connectivity index (χ1) is 34.0. The molecule has 0 heterocycles. The highest BCUT2D eigenvalue weighted by Crippen LogP contribution is 2.15. The molecule has 3 atom stereocenters. The molecule has 0 aliphatic rings. The predicted molar refractivity (Wildman–Crippen MR) is 257 cm³/mol. The maximum absolute atomic E-state index is 12.6. The summed E-state index contributed by atoms with van der Waals surface area (Å²) in [4.78, 5) is 118. The van der Waals surface area contributed by atoms with E-state index in [1.807, 2.05) is 0 Å². The van der Waals surface area contributed by atoms with Gasteiger partial charge in [0.1, 0.15) is 31.3 Å². The molecule has 0 saturated heterocycles. The summed E-state index contributed by atoms with van der Waals surface area (Å²) < 4.78 is 20.9. The first kappa shape index (κ1) is 65.7. The van der Waals surface area contributed by atoms with Crippen LogP contribution in [0.4, 0.5) is 0 Å². The summed E-state index contributed by atoms with van der Waals surface area (Å²) in [6.45, 7) is 2.73. The Kier molecular flexibility index (Phi) is 41.4. The van der Waals surface area contributed by atoms with E-state index in [-0.39, 0.29) is 110 Å². The number of hydrogen-bond donors (Lipinski definition) is 9. The van der Waals surface area contributed by atoms with Crippen LogP contribution in [-0.4, -0.2) is 164 Å². The molecule has 0 rings (SSSR count). The van der Waals surface area contributed by atoms with Gasteiger partial charge in [-0.3, -0.25) is 33.6 Å². The summed E-state index contributed by atoms with van der Waals surface area (Å²) in [7, 11) is 0. The average Bonchev–Trinajstić information content (AvgIpc) is 3.31. The highest BCUT2D eigenvalue weighted by atomic mass is 16.5. The molecular weight excluding hydrogens is 935 g/mol. The van der Waals surface area contributed by atoms with E-state index < -0.39 is 84.9 Å². The van der Waals surface area contributed by atoms with E-state index in [0.717, 1.165) is 57.8 Å². The highest BCUT2D eigenvalue weighted by molar-refractivity contribution is 5.87. The Bertz CT molecular complexity index is 1570. The van der Waals surface area contributed by atoms with Gasteiger partial charge in [0.05, 0.1) is 39.6 Å². The second-order valence-corrected chi connectivity index (χ2v) is 17.3. The molecular formula is C48H83N5O18. The molecule has 23 heteroatoms. The number of aliphatic carboxylic acids is 4. The third-order valence-electron chi connectivity index (χ3n) is 10.8. The van der Waals surface area contributed by atoms with Crippen molar-refractivity contribution in [3.8, 4) is 0 Å². The zero-order chi connectivity index (χ0) is 52.9. The molecule has 0 aromatic rings. The van der Waals surface area contributed by atoms with Crippen LogP contribution < -0.4 is 26.6 Å². The standard InChI is InChI=1S/C48H83N5O18/c1-36(54)34-70-32-30-69-29-27-50-44(59)35-71-33-31-68-28-26-49-40(55)23-20-37(46(62)63)52-42(57)25-22-39(48(66)67)53-43(58)24-21-38(47(64)65)51-41(56)18-16-14-12-10-8-6-4-2-3-5-7-9-11-13-15-17-19-45(60)61/h37-39H,2-35H2,1H3,(H,49,55)(H,50,59)(H,51,56)(H,52,57)(H,53,58)(H,60,61)(H,62,63)(H,64,65)(H,66,67)/t37-,38?,39-/m0/s1. The van der Waals surface area contributed by atoms with Gasteiger partial charge in [-0.05, 0) is 39.0 Å². The van der Waals surface area contributed by atoms with Crippen molar-refractivity contribution in [2.24, 2.45) is 0 Å². The lowest BCUT2D eigenvalue weighted by Gasteiger charge is -2.18. The third kappa shape index (κ3) is 43.3. The molecule has 71 heavy (non-hydrogen) atoms. The van der Waals surface area contributed by atoms with Crippen LogP contribution in [0.2, 0.25) is 0 Å². The van der Waals surface area contributed by atoms with Gasteiger partial charge in [-0.1, -0.05) is 89.9 Å². The Morgan fingerprint density at radius 1 is 0.352 bits per heavy atom. The number of ether oxygens (including phenoxy) is 4. The Morgan fingerprint density at radius 3 is 1.03 bits per heavy atom. The molecule has 1 unspecified atom stereocenters. The lowest BCUT2D eigenvalue weighted by molar-refractivity contribution is -0.144. The summed E-state index contributed by atoms with van der Waals surface area (Å²) in [5.41, 5.74) is 0. The summed E-state index contributed by atoms with van der Waals surface area (Å²) in [6, 6.07) is -4.41. The van der Waals surface area contributed by atoms with Gasteiger partial charge in [-0.15, -0.1) is 0 Å². The second kappa shape index (κ2) is 44.7. The lowest BCUT2D eigenvalue weighted by atomic mass is 10.0. The summed E-state index contributed by atoms with van der Waals surface area (Å²) in [5.74, 6) is -8.08. The summed E-state index contributed by atoms with van der Waals surface area (Å²) in [5, 5.41) is 49.5. The smallest absolute Gasteiger partial charge is 0.326 e. The number of unbranched alkanes of at least 4 members (excludes halogenated alkanes) is 15. The molecule has 0 aliphatic carbocycles. The molecule has 0 spiro atoms. The van der Waals surface area contributed by atoms with Gasteiger partial charge < -0.3 is 66.0 Å². The van der Waals surface area contributed by atoms with Crippen molar-refractivity contribution < 1.29 is 87.3 Å². The van der Waals surface area contributed by atoms with E-state index >= 15 is 0 Å². The number of rotatable bonds is 50. The molecule has 5 amide bonds. The molecule has 0 aromatic heterocycles. The van der Waals surface area contributed by atoms with Gasteiger partial charge >= 0.3 is 23.9 Å². The van der Waals surface area contributed by atoms with Crippen molar-refractivity contribution in [3.63, 3.8) is 0 Å². The van der Waals surface area contributed by atoms with E-state index in [9.17, 15) is 63.3 Å². The Balaban J connectivity index is 4.21. The van der Waals surface area contributed by atoms with E-state index in [0.29, 0.717) is 6.42 Å². The van der Waals surface area contributed by atoms with Gasteiger partial charge in [0, 0.05) is 45.2 Å². The number of ketones is 1. The Labute approximate surface area is 417 Å². The zero-order valence-electron chi connectivity index (χ0n) is 41.8. The molecule has 0 radical (unpaired) electrons. The molecule has 9 N–H and O–H groups in total. The van der Waals surface area contributed by atoms with E-state index in [4.69, 9.17) is 24.1 Å². The number of carbonyl (C=O) groups is 10. The average molecular weight is 1020 g/mol. The number of Topliss-reactive ketones (excluding diaryl/α,β-unsaturated/α-hetero) is 1. The number of carbonyl (C=O) groups excluding carboxylic acids is 6. The molecule has 0 bridgehead atoms. The van der Waals surface area contributed by atoms with Gasteiger partial charge in [0.15, 0.2) is 5.78 Å². The van der Waals surface area contributed by atoms with Crippen LogP contribution in [-0.2, 0) is 66.9 Å². The van der Waals surface area contributed by atoms with Crippen LogP contribution in [0, 0.1) is 0 Å². The molecule has 23 nitrogen and oxygen atoms in total. The molecule has 0 aliphatic heterocycles. The SMILES string of the molecule is CC(=O)COCCOCCNC(=O)COCCOCCNC(=O)CC[C@H](NC(=O)CC[C@H](NC(=O)CCC(NC(=O)CCCCCCCCCCCCCCCCCCC(=O)O)C(=O)O)C(=O)O)C(=O)O. The molecule has 0 aromatic carbocycles. The largest absolute Gasteiger partial charge is 0.481 e. The van der Waals surface area contributed by atoms with Crippen LogP contribution in [0.15, 0.2) is 0 Å². The number of amides is 5. The maximum Gasteiger partial charge on any atom is 0.326 e. The fourth-order valence-corrected chi connectivity index (χ4v) is 6.92. The minimum absolute atomic E-state index is 0.0227. The van der Waals surface area contributed by atoms with E-state index in [1.54, 1.807) is 0 Å². The maximum atomic E-state index is 12.6. The number of nitrogens with one attached hydrogen (secondary N) is 5. The normalized spacial score (nSPS) is 12.2. The summed E-state index contributed by atoms with van der Waals surface area (Å²) in [6.07, 6.45) is 15.1. The first-order valence-electron chi connectivity index (χ1n) is 25.1. The van der Waals surface area contributed by atoms with Crippen molar-refractivity contribution in [1.29, 1.82) is 0 Å². The van der Waals surface area contributed by atoms with Crippen LogP contribution in [0.3, 0.4) is 0 Å². The zero-order valence-corrected chi connectivity index (χ0v) is 41.8. The molecule has 0 fully saturated rings. The van der Waals surface area contributed by atoms with Crippen molar-refractivity contribution in [3.05, 3.63) is 0 Å². The number of carboxylic acids is 4. The van der Waals surface area contributed by atoms with Gasteiger partial charge in [-0.25, -0.2) is 14.4 Å². The monoisotopic (exact) mass is 1020 g/mol. The molecule has 408 valence electrons. The van der Waals surface area contributed by atoms with Crippen molar-refractivity contribution in [2.45, 2.75) is 179 Å².